The molecule has 1 saturated heterocycles. The maximum Gasteiger partial charge on any atom is 0.433 e. The van der Waals surface area contributed by atoms with E-state index in [1.807, 2.05) is 25.7 Å². The van der Waals surface area contributed by atoms with Crippen molar-refractivity contribution in [2.24, 2.45) is 0 Å². The number of nitrogens with zero attached hydrogens (tertiary/aromatic N) is 5. The van der Waals surface area contributed by atoms with Crippen molar-refractivity contribution < 1.29 is 22.7 Å². The molecule has 3 heterocycles. The van der Waals surface area contributed by atoms with Gasteiger partial charge in [0.15, 0.2) is 0 Å². The Hall–Kier alpha value is -2.91. The van der Waals surface area contributed by atoms with Crippen LogP contribution in [-0.2, 0) is 10.9 Å². The van der Waals surface area contributed by atoms with E-state index >= 15 is 0 Å². The van der Waals surface area contributed by atoms with Crippen molar-refractivity contribution in [2.75, 3.05) is 31.1 Å². The summed E-state index contributed by atoms with van der Waals surface area (Å²) in [7, 11) is 0. The molecule has 1 aliphatic rings. The molecule has 2 aromatic heterocycles. The summed E-state index contributed by atoms with van der Waals surface area (Å²) in [6, 6.07) is 2.24. The summed E-state index contributed by atoms with van der Waals surface area (Å²) in [6.07, 6.45) is -0.640. The highest BCUT2D eigenvalue weighted by molar-refractivity contribution is 5.68. The van der Waals surface area contributed by atoms with Crippen LogP contribution in [0.2, 0.25) is 0 Å². The van der Waals surface area contributed by atoms with Crippen molar-refractivity contribution in [3.05, 3.63) is 36.4 Å². The first kappa shape index (κ1) is 20.8. The minimum atomic E-state index is -4.49. The molecular formula is C19H22F3N5O2. The fourth-order valence-electron chi connectivity index (χ4n) is 2.80. The van der Waals surface area contributed by atoms with E-state index in [4.69, 9.17) is 4.74 Å². The molecule has 0 radical (unpaired) electrons. The number of alkyl halides is 3. The van der Waals surface area contributed by atoms with Crippen molar-refractivity contribution in [1.82, 2.24) is 19.9 Å². The first-order chi connectivity index (χ1) is 13.5. The Balaban J connectivity index is 1.67. The van der Waals surface area contributed by atoms with E-state index in [1.54, 1.807) is 11.1 Å². The molecule has 0 spiro atoms. The molecule has 1 aliphatic heterocycles. The Bertz CT molecular complexity index is 857. The Kier molecular flexibility index (Phi) is 5.63. The quantitative estimate of drug-likeness (QED) is 0.755. The maximum atomic E-state index is 12.7. The number of amides is 1. The Morgan fingerprint density at radius 3 is 2.28 bits per heavy atom. The van der Waals surface area contributed by atoms with E-state index in [0.29, 0.717) is 43.3 Å². The summed E-state index contributed by atoms with van der Waals surface area (Å²) in [5, 5.41) is 0. The number of pyridine rings is 1. The Labute approximate surface area is 166 Å². The van der Waals surface area contributed by atoms with Crippen LogP contribution in [0.5, 0.6) is 0 Å². The van der Waals surface area contributed by atoms with E-state index < -0.39 is 17.5 Å². The number of piperazine rings is 1. The van der Waals surface area contributed by atoms with Crippen molar-refractivity contribution in [3.63, 3.8) is 0 Å². The molecule has 7 nitrogen and oxygen atoms in total. The smallest absolute Gasteiger partial charge is 0.433 e. The highest BCUT2D eigenvalue weighted by Gasteiger charge is 2.32. The molecule has 0 aliphatic carbocycles. The van der Waals surface area contributed by atoms with E-state index in [1.165, 1.54) is 12.3 Å². The van der Waals surface area contributed by atoms with Crippen LogP contribution in [-0.4, -0.2) is 57.7 Å². The van der Waals surface area contributed by atoms with Crippen molar-refractivity contribution in [3.8, 4) is 11.3 Å². The zero-order valence-corrected chi connectivity index (χ0v) is 16.4. The lowest BCUT2D eigenvalue weighted by Crippen LogP contribution is -2.50. The molecule has 29 heavy (non-hydrogen) atoms. The van der Waals surface area contributed by atoms with Crippen LogP contribution >= 0.6 is 0 Å². The predicted octanol–water partition coefficient (Wildman–Crippen LogP) is 3.61. The number of aromatic nitrogens is 3. The molecule has 0 aromatic carbocycles. The van der Waals surface area contributed by atoms with Crippen LogP contribution < -0.4 is 4.90 Å². The maximum absolute atomic E-state index is 12.7. The number of carbonyl (C=O) groups excluding carboxylic acids is 1. The van der Waals surface area contributed by atoms with Crippen LogP contribution in [0.25, 0.3) is 11.3 Å². The van der Waals surface area contributed by atoms with Crippen LogP contribution in [0.15, 0.2) is 30.7 Å². The lowest BCUT2D eigenvalue weighted by Gasteiger charge is -2.36. The summed E-state index contributed by atoms with van der Waals surface area (Å²) < 4.78 is 43.4. The second kappa shape index (κ2) is 7.84. The average Bonchev–Trinajstić information content (AvgIpc) is 2.66. The summed E-state index contributed by atoms with van der Waals surface area (Å²) in [5.74, 6) is 0.589. The molecule has 0 bridgehead atoms. The summed E-state index contributed by atoms with van der Waals surface area (Å²) in [4.78, 5) is 27.9. The molecule has 1 fully saturated rings. The lowest BCUT2D eigenvalue weighted by molar-refractivity contribution is -0.141. The minimum Gasteiger partial charge on any atom is -0.444 e. The molecule has 0 unspecified atom stereocenters. The number of hydrogen-bond donors (Lipinski definition) is 0. The first-order valence-electron chi connectivity index (χ1n) is 9.11. The fraction of sp³-hybridized carbons (Fsp3) is 0.474. The Morgan fingerprint density at radius 1 is 1.03 bits per heavy atom. The molecule has 3 rings (SSSR count). The molecule has 0 saturated carbocycles. The zero-order valence-electron chi connectivity index (χ0n) is 16.4. The van der Waals surface area contributed by atoms with Gasteiger partial charge in [-0.3, -0.25) is 9.97 Å². The number of carbonyl (C=O) groups is 1. The highest BCUT2D eigenvalue weighted by Crippen LogP contribution is 2.29. The van der Waals surface area contributed by atoms with Gasteiger partial charge in [0.2, 0.25) is 0 Å². The van der Waals surface area contributed by atoms with Gasteiger partial charge >= 0.3 is 12.3 Å². The van der Waals surface area contributed by atoms with Gasteiger partial charge in [0.25, 0.3) is 0 Å². The number of rotatable bonds is 2. The van der Waals surface area contributed by atoms with Crippen LogP contribution in [0.3, 0.4) is 0 Å². The third-order valence-electron chi connectivity index (χ3n) is 4.23. The van der Waals surface area contributed by atoms with Gasteiger partial charge in [0.05, 0.1) is 18.1 Å². The standard InChI is InChI=1S/C19H22F3N5O2/c1-18(2,3)29-17(28)27-8-6-26(7-9-27)16-12-23-11-14(25-16)13-4-5-15(24-10-13)19(20,21)22/h4-5,10-12H,6-9H2,1-3H3. The monoisotopic (exact) mass is 409 g/mol. The topological polar surface area (TPSA) is 71.5 Å². The van der Waals surface area contributed by atoms with E-state index in [0.717, 1.165) is 12.3 Å². The number of halogens is 3. The van der Waals surface area contributed by atoms with Gasteiger partial charge in [-0.15, -0.1) is 0 Å². The van der Waals surface area contributed by atoms with Gasteiger partial charge in [0, 0.05) is 37.9 Å². The molecule has 156 valence electrons. The SMILES string of the molecule is CC(C)(C)OC(=O)N1CCN(c2cncc(-c3ccc(C(F)(F)F)nc3)n2)CC1. The second-order valence-electron chi connectivity index (χ2n) is 7.65. The molecule has 0 atom stereocenters. The largest absolute Gasteiger partial charge is 0.444 e. The second-order valence-corrected chi connectivity index (χ2v) is 7.65. The molecule has 0 N–H and O–H groups in total. The van der Waals surface area contributed by atoms with Gasteiger partial charge in [-0.1, -0.05) is 0 Å². The van der Waals surface area contributed by atoms with Crippen LogP contribution in [0, 0.1) is 0 Å². The van der Waals surface area contributed by atoms with Crippen molar-refractivity contribution >= 4 is 11.9 Å². The summed E-state index contributed by atoms with van der Waals surface area (Å²) in [5.41, 5.74) is -0.634. The van der Waals surface area contributed by atoms with E-state index in [-0.39, 0.29) is 6.09 Å². The third-order valence-corrected chi connectivity index (χ3v) is 4.23. The van der Waals surface area contributed by atoms with Crippen LogP contribution in [0.4, 0.5) is 23.8 Å². The van der Waals surface area contributed by atoms with Gasteiger partial charge < -0.3 is 14.5 Å². The van der Waals surface area contributed by atoms with E-state index in [2.05, 4.69) is 15.0 Å². The predicted molar refractivity (Wildman–Crippen MR) is 100 cm³/mol. The molecule has 2 aromatic rings. The molecule has 1 amide bonds. The summed E-state index contributed by atoms with van der Waals surface area (Å²) in [6.45, 7) is 7.49. The minimum absolute atomic E-state index is 0.354. The van der Waals surface area contributed by atoms with E-state index in [9.17, 15) is 18.0 Å². The van der Waals surface area contributed by atoms with Crippen molar-refractivity contribution in [2.45, 2.75) is 32.5 Å². The fourth-order valence-corrected chi connectivity index (χ4v) is 2.80. The van der Waals surface area contributed by atoms with Crippen molar-refractivity contribution in [1.29, 1.82) is 0 Å². The average molecular weight is 409 g/mol. The number of hydrogen-bond acceptors (Lipinski definition) is 6. The number of ether oxygens (including phenoxy) is 1. The lowest BCUT2D eigenvalue weighted by atomic mass is 10.2. The van der Waals surface area contributed by atoms with Crippen LogP contribution in [0.1, 0.15) is 26.5 Å². The third kappa shape index (κ3) is 5.33. The molecule has 10 heteroatoms. The first-order valence-corrected chi connectivity index (χ1v) is 9.11. The highest BCUT2D eigenvalue weighted by atomic mass is 19.4. The zero-order chi connectivity index (χ0) is 21.2. The molecular weight excluding hydrogens is 387 g/mol. The van der Waals surface area contributed by atoms with Gasteiger partial charge in [-0.25, -0.2) is 9.78 Å². The number of anilines is 1. The Morgan fingerprint density at radius 2 is 1.72 bits per heavy atom. The van der Waals surface area contributed by atoms with Gasteiger partial charge in [-0.2, -0.15) is 13.2 Å². The normalized spacial score (nSPS) is 15.4. The van der Waals surface area contributed by atoms with Gasteiger partial charge in [-0.05, 0) is 32.9 Å². The van der Waals surface area contributed by atoms with Gasteiger partial charge in [0.1, 0.15) is 17.1 Å². The summed E-state index contributed by atoms with van der Waals surface area (Å²) >= 11 is 0.